The van der Waals surface area contributed by atoms with Gasteiger partial charge >= 0.3 is 0 Å². The van der Waals surface area contributed by atoms with Gasteiger partial charge in [0.2, 0.25) is 0 Å². The molecule has 356 valence electrons. The molecule has 0 aliphatic heterocycles. The predicted octanol–water partition coefficient (Wildman–Crippen LogP) is 15.9. The number of benzene rings is 5. The first-order chi connectivity index (χ1) is 33.0. The third-order valence-corrected chi connectivity index (χ3v) is 15.0. The van der Waals surface area contributed by atoms with E-state index in [4.69, 9.17) is 18.9 Å². The van der Waals surface area contributed by atoms with E-state index in [0.717, 1.165) is 114 Å². The van der Waals surface area contributed by atoms with Crippen molar-refractivity contribution in [3.8, 4) is 67.9 Å². The highest BCUT2D eigenvalue weighted by Gasteiger charge is 2.29. The SMILES string of the molecule is C=C1CCCCC/C=C2/CCCCC2=C1c1cc(C)cc(-c2cc(OC)ccc2OC(C)C[C@H](C)Oc2ccc(OC)cc2-c2cc(C)cc(-c3c4c(cc5c3CCCC5)CCCC4)c2O)c1O. The lowest BCUT2D eigenvalue weighted by Crippen LogP contribution is -2.23. The highest BCUT2D eigenvalue weighted by molar-refractivity contribution is 5.92. The Balaban J connectivity index is 1.02. The van der Waals surface area contributed by atoms with E-state index >= 15 is 0 Å². The van der Waals surface area contributed by atoms with E-state index in [0.29, 0.717) is 35.0 Å². The number of rotatable bonds is 12. The molecule has 0 heterocycles. The van der Waals surface area contributed by atoms with Gasteiger partial charge in [-0.05, 0) is 252 Å². The second-order valence-electron chi connectivity index (χ2n) is 20.2. The molecule has 5 aromatic rings. The van der Waals surface area contributed by atoms with Crippen molar-refractivity contribution in [3.63, 3.8) is 0 Å². The Labute approximate surface area is 405 Å². The molecule has 0 amide bonds. The summed E-state index contributed by atoms with van der Waals surface area (Å²) in [6.45, 7) is 13.0. The van der Waals surface area contributed by atoms with Crippen molar-refractivity contribution in [2.24, 2.45) is 0 Å². The van der Waals surface area contributed by atoms with Crippen LogP contribution in [-0.4, -0.2) is 36.6 Å². The molecule has 2 atom stereocenters. The number of aryl methyl sites for hydroxylation is 4. The van der Waals surface area contributed by atoms with Gasteiger partial charge in [0.1, 0.15) is 34.5 Å². The minimum atomic E-state index is -0.266. The molecule has 0 aromatic heterocycles. The highest BCUT2D eigenvalue weighted by Crippen LogP contribution is 2.50. The fraction of sp³-hybridized carbons (Fsp3) is 0.419. The van der Waals surface area contributed by atoms with Crippen LogP contribution in [0, 0.1) is 13.8 Å². The molecule has 2 N–H and O–H groups in total. The average molecular weight is 913 g/mol. The second-order valence-corrected chi connectivity index (χ2v) is 20.2. The van der Waals surface area contributed by atoms with Crippen molar-refractivity contribution in [3.05, 3.63) is 135 Å². The molecule has 0 radical (unpaired) electrons. The summed E-state index contributed by atoms with van der Waals surface area (Å²) in [6.07, 6.45) is 21.5. The van der Waals surface area contributed by atoms with Crippen LogP contribution in [0.15, 0.2) is 96.1 Å². The molecule has 1 unspecified atom stereocenters. The minimum absolute atomic E-state index is 0.241. The van der Waals surface area contributed by atoms with E-state index in [2.05, 4.69) is 70.7 Å². The van der Waals surface area contributed by atoms with Gasteiger partial charge in [-0.1, -0.05) is 25.1 Å². The normalized spacial score (nSPS) is 18.0. The molecule has 1 fully saturated rings. The summed E-state index contributed by atoms with van der Waals surface area (Å²) >= 11 is 0. The zero-order chi connectivity index (χ0) is 47.5. The number of allylic oxidation sites excluding steroid dienone is 5. The first kappa shape index (κ1) is 47.2. The van der Waals surface area contributed by atoms with Crippen LogP contribution in [0.1, 0.15) is 143 Å². The van der Waals surface area contributed by atoms with E-state index in [1.807, 2.05) is 36.4 Å². The van der Waals surface area contributed by atoms with Crippen LogP contribution < -0.4 is 18.9 Å². The van der Waals surface area contributed by atoms with Crippen molar-refractivity contribution in [1.82, 2.24) is 0 Å². The molecule has 0 saturated heterocycles. The van der Waals surface area contributed by atoms with E-state index in [1.165, 1.54) is 83.9 Å². The van der Waals surface area contributed by atoms with Crippen molar-refractivity contribution in [2.75, 3.05) is 14.2 Å². The number of hydrogen-bond acceptors (Lipinski definition) is 6. The van der Waals surface area contributed by atoms with Crippen LogP contribution in [0.2, 0.25) is 0 Å². The average Bonchev–Trinajstić information content (AvgIpc) is 3.34. The first-order valence-electron chi connectivity index (χ1n) is 25.7. The molecule has 4 aliphatic rings. The monoisotopic (exact) mass is 913 g/mol. The largest absolute Gasteiger partial charge is 0.507 e. The Bertz CT molecular complexity index is 2730. The molecular formula is C62H72O6. The number of ether oxygens (including phenoxy) is 4. The first-order valence-corrected chi connectivity index (χ1v) is 25.7. The Morgan fingerprint density at radius 2 is 1.03 bits per heavy atom. The fourth-order valence-electron chi connectivity index (χ4n) is 11.8. The third kappa shape index (κ3) is 9.84. The maximum absolute atomic E-state index is 12.5. The van der Waals surface area contributed by atoms with Gasteiger partial charge in [-0.2, -0.15) is 0 Å². The van der Waals surface area contributed by atoms with Gasteiger partial charge in [-0.15, -0.1) is 0 Å². The fourth-order valence-corrected chi connectivity index (χ4v) is 11.8. The topological polar surface area (TPSA) is 77.4 Å². The van der Waals surface area contributed by atoms with E-state index in [9.17, 15) is 10.2 Å². The van der Waals surface area contributed by atoms with Crippen LogP contribution in [0.4, 0.5) is 0 Å². The summed E-state index contributed by atoms with van der Waals surface area (Å²) in [6, 6.07) is 22.6. The lowest BCUT2D eigenvalue weighted by atomic mass is 9.76. The van der Waals surface area contributed by atoms with Crippen LogP contribution in [0.3, 0.4) is 0 Å². The minimum Gasteiger partial charge on any atom is -0.507 e. The molecule has 9 rings (SSSR count). The van der Waals surface area contributed by atoms with E-state index in [-0.39, 0.29) is 23.7 Å². The van der Waals surface area contributed by atoms with Gasteiger partial charge in [0.25, 0.3) is 0 Å². The van der Waals surface area contributed by atoms with Crippen LogP contribution in [0.5, 0.6) is 34.5 Å². The lowest BCUT2D eigenvalue weighted by molar-refractivity contribution is 0.131. The molecule has 68 heavy (non-hydrogen) atoms. The lowest BCUT2D eigenvalue weighted by Gasteiger charge is -2.29. The van der Waals surface area contributed by atoms with Crippen LogP contribution in [0.25, 0.3) is 39.0 Å². The Morgan fingerprint density at radius 3 is 1.62 bits per heavy atom. The molecule has 5 aromatic carbocycles. The summed E-state index contributed by atoms with van der Waals surface area (Å²) in [5.41, 5.74) is 19.0. The summed E-state index contributed by atoms with van der Waals surface area (Å²) in [5.74, 6) is 3.24. The smallest absolute Gasteiger partial charge is 0.131 e. The highest BCUT2D eigenvalue weighted by atomic mass is 16.5. The third-order valence-electron chi connectivity index (χ3n) is 15.0. The maximum atomic E-state index is 12.5. The van der Waals surface area contributed by atoms with Crippen molar-refractivity contribution < 1.29 is 29.2 Å². The maximum Gasteiger partial charge on any atom is 0.131 e. The van der Waals surface area contributed by atoms with Gasteiger partial charge in [0.05, 0.1) is 26.4 Å². The number of methoxy groups -OCH3 is 2. The standard InChI is InChI=1S/C62H72O6/c1-38-30-53(61(63)55(32-38)59-40(3)18-10-8-9-11-19-43-20-12-15-23-48(43)59)51-36-46(65-6)26-28-57(51)67-41(4)34-42(5)68-58-29-27-47(66-7)37-52(58)54-31-39(2)33-56(62(54)64)60-49-24-16-13-21-44(49)35-45-22-14-17-25-50(45)60/h19,26-33,35-37,41-42,63-64H,3,8-18,20-25,34H2,1-2,4-7H3/b43-19-,59-48?/t41?,42-/m0/s1. The quantitative estimate of drug-likeness (QED) is 0.130. The summed E-state index contributed by atoms with van der Waals surface area (Å²) < 4.78 is 25.3. The van der Waals surface area contributed by atoms with Gasteiger partial charge in [-0.25, -0.2) is 0 Å². The van der Waals surface area contributed by atoms with Gasteiger partial charge < -0.3 is 29.2 Å². The number of phenols is 2. The Kier molecular flexibility index (Phi) is 14.4. The number of fused-ring (bicyclic) bond motifs is 3. The van der Waals surface area contributed by atoms with Gasteiger partial charge in [0.15, 0.2) is 0 Å². The molecule has 4 aliphatic carbocycles. The molecule has 6 heteroatoms. The Hall–Kier alpha value is -5.88. The van der Waals surface area contributed by atoms with Crippen LogP contribution in [-0.2, 0) is 25.7 Å². The van der Waals surface area contributed by atoms with Crippen molar-refractivity contribution >= 4 is 5.57 Å². The second kappa shape index (κ2) is 20.8. The number of aromatic hydroxyl groups is 2. The predicted molar refractivity (Wildman–Crippen MR) is 279 cm³/mol. The summed E-state index contributed by atoms with van der Waals surface area (Å²) in [4.78, 5) is 0. The zero-order valence-corrected chi connectivity index (χ0v) is 41.5. The molecule has 1 saturated carbocycles. The number of phenolic OH excluding ortho intramolecular Hbond substituents is 2. The van der Waals surface area contributed by atoms with Gasteiger partial charge in [0, 0.05) is 39.8 Å². The Morgan fingerprint density at radius 1 is 0.529 bits per heavy atom. The van der Waals surface area contributed by atoms with E-state index < -0.39 is 0 Å². The molecule has 6 nitrogen and oxygen atoms in total. The summed E-state index contributed by atoms with van der Waals surface area (Å²) in [5, 5.41) is 25.0. The van der Waals surface area contributed by atoms with Crippen molar-refractivity contribution in [1.29, 1.82) is 0 Å². The van der Waals surface area contributed by atoms with Crippen molar-refractivity contribution in [2.45, 2.75) is 155 Å². The van der Waals surface area contributed by atoms with E-state index in [1.54, 1.807) is 14.2 Å². The van der Waals surface area contributed by atoms with Crippen LogP contribution >= 0.6 is 0 Å². The summed E-state index contributed by atoms with van der Waals surface area (Å²) in [7, 11) is 3.35. The number of hydrogen-bond donors (Lipinski definition) is 2. The zero-order valence-electron chi connectivity index (χ0n) is 41.5. The molecule has 0 bridgehead atoms. The molecular weight excluding hydrogens is 841 g/mol. The van der Waals surface area contributed by atoms with Gasteiger partial charge in [-0.3, -0.25) is 0 Å². The molecule has 0 spiro atoms.